The molecule has 1 aromatic heterocycles. The lowest BCUT2D eigenvalue weighted by molar-refractivity contribution is -0.440. The normalized spacial score (nSPS) is 16.9. The number of halogens is 13. The molecule has 0 unspecified atom stereocenters. The number of para-hydroxylation sites is 1. The Kier molecular flexibility index (Phi) is 22.9. The summed E-state index contributed by atoms with van der Waals surface area (Å²) in [6.07, 6.45) is 0.381. The van der Waals surface area contributed by atoms with Crippen LogP contribution in [0.3, 0.4) is 0 Å². The Labute approximate surface area is 439 Å². The van der Waals surface area contributed by atoms with Crippen molar-refractivity contribution in [1.29, 1.82) is 0 Å². The first-order valence-corrected chi connectivity index (χ1v) is 27.2. The molecule has 1 fully saturated rings. The van der Waals surface area contributed by atoms with Gasteiger partial charge in [0.05, 0.1) is 62.8 Å². The molecule has 0 saturated carbocycles. The maximum absolute atomic E-state index is 14.3. The number of benzene rings is 3. The molecule has 1 aliphatic rings. The molecule has 0 amide bonds. The zero-order valence-corrected chi connectivity index (χ0v) is 43.4. The second-order valence-corrected chi connectivity index (χ2v) is 21.1. The van der Waals surface area contributed by atoms with E-state index in [2.05, 4.69) is 22.4 Å². The Morgan fingerprint density at radius 3 is 1.62 bits per heavy atom. The number of alkyl halides is 13. The van der Waals surface area contributed by atoms with Crippen molar-refractivity contribution < 1.29 is 89.2 Å². The van der Waals surface area contributed by atoms with Crippen LogP contribution in [0.5, 0.6) is 11.5 Å². The molecule has 3 aromatic carbocycles. The second kappa shape index (κ2) is 27.9. The molecule has 0 spiro atoms. The summed E-state index contributed by atoms with van der Waals surface area (Å²) in [5.41, 5.74) is 1.91. The highest BCUT2D eigenvalue weighted by atomic mass is 32.2. The predicted octanol–water partition coefficient (Wildman–Crippen LogP) is 14.2. The topological polar surface area (TPSA) is 124 Å². The van der Waals surface area contributed by atoms with Crippen LogP contribution in [0, 0.1) is 0 Å². The lowest BCUT2D eigenvalue weighted by atomic mass is 9.92. The van der Waals surface area contributed by atoms with Crippen LogP contribution in [-0.2, 0) is 37.3 Å². The van der Waals surface area contributed by atoms with Crippen molar-refractivity contribution in [3.8, 4) is 17.2 Å². The number of hydrogen-bond donors (Lipinski definition) is 0. The third kappa shape index (κ3) is 16.4. The van der Waals surface area contributed by atoms with Crippen molar-refractivity contribution >= 4 is 9.84 Å². The summed E-state index contributed by atoms with van der Waals surface area (Å²) >= 11 is 0. The third-order valence-corrected chi connectivity index (χ3v) is 14.9. The number of aromatic nitrogens is 4. The minimum absolute atomic E-state index is 0.0402. The van der Waals surface area contributed by atoms with Crippen LogP contribution in [-0.4, -0.2) is 108 Å². The second-order valence-electron chi connectivity index (χ2n) is 19.1. The number of unbranched alkanes of at least 4 members (excludes halogenated alkanes) is 9. The molecule has 77 heavy (non-hydrogen) atoms. The molecule has 25 heteroatoms. The van der Waals surface area contributed by atoms with E-state index in [4.69, 9.17) is 23.7 Å². The standard InChI is InChI=1S/C52H65F13N4O7S/c1-3-4-5-6-7-8-9-10-11-15-20-42(74-36-38-24-28-41(29-25-38)73-33-17-32-47(53,54)48(55,56)49(57,58)50(59,60)51(61,62)52(63,64)65)44-30-31-45(76-44)43(75-35-37-22-26-40(72-2)27-23-37)21-16-34-77(70,71)46-66-67-68-69(46)39-18-13-12-14-19-39/h12-14,18-19,22-29,42-45H,3-11,15-17,20-21,30-36H2,1-2H3/t42-,43-,44+,45-/m1/s1. The highest BCUT2D eigenvalue weighted by molar-refractivity contribution is 7.91. The minimum atomic E-state index is -7.95. The van der Waals surface area contributed by atoms with Gasteiger partial charge in [0.1, 0.15) is 11.5 Å². The minimum Gasteiger partial charge on any atom is -0.497 e. The fraction of sp³-hybridized carbons (Fsp3) is 0.635. The van der Waals surface area contributed by atoms with Crippen LogP contribution in [0.1, 0.15) is 127 Å². The molecule has 1 saturated heterocycles. The molecule has 0 bridgehead atoms. The number of tetrazole rings is 1. The van der Waals surface area contributed by atoms with Crippen LogP contribution in [0.15, 0.2) is 84.0 Å². The molecule has 0 aliphatic carbocycles. The van der Waals surface area contributed by atoms with Crippen LogP contribution >= 0.6 is 0 Å². The molecular formula is C52H65F13N4O7S. The van der Waals surface area contributed by atoms with Crippen molar-refractivity contribution in [1.82, 2.24) is 20.2 Å². The van der Waals surface area contributed by atoms with E-state index < -0.39 is 89.5 Å². The molecular weight excluding hydrogens is 1070 g/mol. The average Bonchev–Trinajstić information content (AvgIpc) is 4.10. The van der Waals surface area contributed by atoms with Crippen LogP contribution in [0.4, 0.5) is 57.1 Å². The molecule has 0 radical (unpaired) electrons. The molecule has 0 N–H and O–H groups in total. The molecule has 432 valence electrons. The first-order chi connectivity index (χ1) is 36.3. The van der Waals surface area contributed by atoms with Gasteiger partial charge in [0.2, 0.25) is 9.84 Å². The van der Waals surface area contributed by atoms with Gasteiger partial charge in [-0.05, 0) is 96.5 Å². The zero-order chi connectivity index (χ0) is 56.5. The van der Waals surface area contributed by atoms with Gasteiger partial charge in [-0.2, -0.15) is 61.8 Å². The van der Waals surface area contributed by atoms with E-state index in [1.807, 2.05) is 12.1 Å². The number of hydrogen-bond acceptors (Lipinski definition) is 10. The van der Waals surface area contributed by atoms with E-state index in [1.54, 1.807) is 49.6 Å². The predicted molar refractivity (Wildman–Crippen MR) is 257 cm³/mol. The van der Waals surface area contributed by atoms with Crippen LogP contribution < -0.4 is 9.47 Å². The Hall–Kier alpha value is -4.75. The van der Waals surface area contributed by atoms with Crippen LogP contribution in [0.25, 0.3) is 5.69 Å². The van der Waals surface area contributed by atoms with Gasteiger partial charge in [-0.3, -0.25) is 0 Å². The van der Waals surface area contributed by atoms with E-state index >= 15 is 0 Å². The number of sulfone groups is 1. The van der Waals surface area contributed by atoms with Crippen molar-refractivity contribution in [2.45, 2.75) is 195 Å². The molecule has 5 rings (SSSR count). The highest BCUT2D eigenvalue weighted by Crippen LogP contribution is 2.60. The Morgan fingerprint density at radius 1 is 0.610 bits per heavy atom. The van der Waals surface area contributed by atoms with E-state index in [-0.39, 0.29) is 36.3 Å². The van der Waals surface area contributed by atoms with Gasteiger partial charge in [0.15, 0.2) is 0 Å². The summed E-state index contributed by atoms with van der Waals surface area (Å²) in [6, 6.07) is 21.6. The summed E-state index contributed by atoms with van der Waals surface area (Å²) in [6.45, 7) is 1.50. The summed E-state index contributed by atoms with van der Waals surface area (Å²) in [7, 11) is -2.41. The lowest BCUT2D eigenvalue weighted by Crippen LogP contribution is -2.70. The first kappa shape index (κ1) is 63.1. The van der Waals surface area contributed by atoms with Crippen molar-refractivity contribution in [2.24, 2.45) is 0 Å². The van der Waals surface area contributed by atoms with Crippen molar-refractivity contribution in [3.63, 3.8) is 0 Å². The van der Waals surface area contributed by atoms with Crippen molar-refractivity contribution in [3.05, 3.63) is 90.0 Å². The quantitative estimate of drug-likeness (QED) is 0.0325. The fourth-order valence-electron chi connectivity index (χ4n) is 8.75. The monoisotopic (exact) mass is 1140 g/mol. The number of methoxy groups -OCH3 is 1. The van der Waals surface area contributed by atoms with Gasteiger partial charge in [-0.1, -0.05) is 119 Å². The molecule has 1 aliphatic heterocycles. The Balaban J connectivity index is 1.21. The first-order valence-electron chi connectivity index (χ1n) is 25.5. The highest BCUT2D eigenvalue weighted by Gasteiger charge is 2.90. The average molecular weight is 1140 g/mol. The van der Waals surface area contributed by atoms with Gasteiger partial charge in [0, 0.05) is 6.42 Å². The lowest BCUT2D eigenvalue weighted by Gasteiger charge is -2.39. The molecule has 11 nitrogen and oxygen atoms in total. The summed E-state index contributed by atoms with van der Waals surface area (Å²) in [5.74, 6) is -36.8. The summed E-state index contributed by atoms with van der Waals surface area (Å²) in [4.78, 5) is 0. The number of rotatable bonds is 35. The van der Waals surface area contributed by atoms with E-state index in [9.17, 15) is 65.5 Å². The SMILES string of the molecule is CCCCCCCCCCCC[C@@H](OCc1ccc(OCCCC(F)(F)C(F)(F)C(F)(F)C(F)(F)C(F)(F)C(F)(F)F)cc1)[C@@H]1CC[C@H]([C@@H](CCCS(=O)(=O)c2nnnn2-c2ccccc2)OCc2ccc(OC)cc2)O1. The fourth-order valence-corrected chi connectivity index (χ4v) is 10.0. The van der Waals surface area contributed by atoms with Gasteiger partial charge < -0.3 is 23.7 Å². The van der Waals surface area contributed by atoms with E-state index in [1.165, 1.54) is 61.1 Å². The van der Waals surface area contributed by atoms with E-state index in [0.717, 1.165) is 37.7 Å². The Bertz CT molecular complexity index is 2470. The van der Waals surface area contributed by atoms with Gasteiger partial charge in [-0.15, -0.1) is 0 Å². The van der Waals surface area contributed by atoms with Gasteiger partial charge in [-0.25, -0.2) is 8.42 Å². The van der Waals surface area contributed by atoms with Crippen LogP contribution in [0.2, 0.25) is 0 Å². The maximum Gasteiger partial charge on any atom is 0.460 e. The molecule has 4 aromatic rings. The third-order valence-electron chi connectivity index (χ3n) is 13.3. The zero-order valence-electron chi connectivity index (χ0n) is 42.6. The number of ether oxygens (including phenoxy) is 5. The number of nitrogens with zero attached hydrogens (tertiary/aromatic N) is 4. The van der Waals surface area contributed by atoms with Gasteiger partial charge in [0.25, 0.3) is 5.16 Å². The molecule has 4 atom stereocenters. The van der Waals surface area contributed by atoms with E-state index in [0.29, 0.717) is 42.7 Å². The van der Waals surface area contributed by atoms with Crippen molar-refractivity contribution in [2.75, 3.05) is 19.5 Å². The summed E-state index contributed by atoms with van der Waals surface area (Å²) in [5, 5.41) is 11.0. The van der Waals surface area contributed by atoms with Gasteiger partial charge >= 0.3 is 35.8 Å². The Morgan fingerprint density at radius 2 is 1.10 bits per heavy atom. The smallest absolute Gasteiger partial charge is 0.460 e. The largest absolute Gasteiger partial charge is 0.497 e. The summed E-state index contributed by atoms with van der Waals surface area (Å²) < 4.78 is 234. The molecule has 2 heterocycles. The maximum atomic E-state index is 14.3.